The average molecular weight is 497 g/mol. The van der Waals surface area contributed by atoms with E-state index < -0.39 is 6.04 Å². The molecule has 0 saturated carbocycles. The normalized spacial score (nSPS) is 15.6. The van der Waals surface area contributed by atoms with Crippen LogP contribution in [0, 0.1) is 20.8 Å². The lowest BCUT2D eigenvalue weighted by Gasteiger charge is -2.35. The number of nitrogens with one attached hydrogen (secondary N) is 1. The van der Waals surface area contributed by atoms with Gasteiger partial charge >= 0.3 is 6.03 Å². The SMILES string of the molecule is COc1ccc(C2NC(=O)N(c3cc(C)cc(C)c3)C(C)=C2c2nc(-c3ccc(C)cc3)no2)cc1O. The van der Waals surface area contributed by atoms with Gasteiger partial charge in [-0.1, -0.05) is 47.1 Å². The van der Waals surface area contributed by atoms with Crippen molar-refractivity contribution in [1.82, 2.24) is 15.5 Å². The molecule has 1 aromatic heterocycles. The van der Waals surface area contributed by atoms with Crippen LogP contribution in [0.2, 0.25) is 0 Å². The second-order valence-corrected chi connectivity index (χ2v) is 9.28. The van der Waals surface area contributed by atoms with Crippen LogP contribution in [0.4, 0.5) is 10.5 Å². The Labute approximate surface area is 215 Å². The molecule has 2 amide bonds. The smallest absolute Gasteiger partial charge is 0.326 e. The van der Waals surface area contributed by atoms with Crippen molar-refractivity contribution in [3.8, 4) is 22.9 Å². The number of amides is 2. The number of nitrogens with zero attached hydrogens (tertiary/aromatic N) is 3. The second kappa shape index (κ2) is 9.46. The molecule has 1 unspecified atom stereocenters. The Balaban J connectivity index is 1.67. The molecule has 37 heavy (non-hydrogen) atoms. The van der Waals surface area contributed by atoms with Gasteiger partial charge in [-0.2, -0.15) is 4.98 Å². The summed E-state index contributed by atoms with van der Waals surface area (Å²) >= 11 is 0. The number of benzene rings is 3. The molecule has 5 rings (SSSR count). The van der Waals surface area contributed by atoms with E-state index in [1.54, 1.807) is 23.1 Å². The number of ether oxygens (including phenoxy) is 1. The van der Waals surface area contributed by atoms with Gasteiger partial charge in [0.2, 0.25) is 5.82 Å². The number of phenols is 1. The molecule has 4 aromatic rings. The Kier molecular flexibility index (Phi) is 6.17. The van der Waals surface area contributed by atoms with Gasteiger partial charge in [0.05, 0.1) is 24.4 Å². The number of urea groups is 1. The molecular formula is C29H28N4O4. The van der Waals surface area contributed by atoms with Crippen LogP contribution < -0.4 is 15.0 Å². The summed E-state index contributed by atoms with van der Waals surface area (Å²) in [6, 6.07) is 17.9. The molecule has 1 atom stereocenters. The molecule has 2 heterocycles. The molecule has 8 heteroatoms. The highest BCUT2D eigenvalue weighted by Crippen LogP contribution is 2.41. The van der Waals surface area contributed by atoms with E-state index >= 15 is 0 Å². The molecular weight excluding hydrogens is 468 g/mol. The van der Waals surface area contributed by atoms with Crippen molar-refractivity contribution in [3.63, 3.8) is 0 Å². The van der Waals surface area contributed by atoms with Crippen LogP contribution >= 0.6 is 0 Å². The minimum Gasteiger partial charge on any atom is -0.504 e. The highest BCUT2D eigenvalue weighted by atomic mass is 16.5. The Morgan fingerprint density at radius 2 is 1.65 bits per heavy atom. The number of methoxy groups -OCH3 is 1. The lowest BCUT2D eigenvalue weighted by molar-refractivity contribution is 0.244. The third-order valence-electron chi connectivity index (χ3n) is 6.45. The number of anilines is 1. The van der Waals surface area contributed by atoms with E-state index in [9.17, 15) is 9.90 Å². The molecule has 0 radical (unpaired) electrons. The maximum Gasteiger partial charge on any atom is 0.326 e. The van der Waals surface area contributed by atoms with Gasteiger partial charge < -0.3 is 19.7 Å². The van der Waals surface area contributed by atoms with Crippen molar-refractivity contribution in [2.75, 3.05) is 12.0 Å². The molecule has 1 aliphatic rings. The van der Waals surface area contributed by atoms with Gasteiger partial charge in [-0.3, -0.25) is 4.90 Å². The summed E-state index contributed by atoms with van der Waals surface area (Å²) in [7, 11) is 1.49. The number of hydrogen-bond acceptors (Lipinski definition) is 6. The van der Waals surface area contributed by atoms with Crippen LogP contribution in [-0.4, -0.2) is 28.4 Å². The Hall–Kier alpha value is -4.59. The largest absolute Gasteiger partial charge is 0.504 e. The zero-order valence-electron chi connectivity index (χ0n) is 21.4. The fourth-order valence-corrected chi connectivity index (χ4v) is 4.70. The van der Waals surface area contributed by atoms with Gasteiger partial charge in [-0.15, -0.1) is 0 Å². The summed E-state index contributed by atoms with van der Waals surface area (Å²) < 4.78 is 11.0. The zero-order chi connectivity index (χ0) is 26.3. The van der Waals surface area contributed by atoms with E-state index in [0.29, 0.717) is 28.4 Å². The van der Waals surface area contributed by atoms with Gasteiger partial charge in [0.1, 0.15) is 0 Å². The van der Waals surface area contributed by atoms with Crippen molar-refractivity contribution in [1.29, 1.82) is 0 Å². The molecule has 0 spiro atoms. The first kappa shape index (κ1) is 24.1. The van der Waals surface area contributed by atoms with E-state index in [2.05, 4.69) is 16.5 Å². The van der Waals surface area contributed by atoms with E-state index in [4.69, 9.17) is 14.2 Å². The third-order valence-corrected chi connectivity index (χ3v) is 6.45. The van der Waals surface area contributed by atoms with Gasteiger partial charge in [0.15, 0.2) is 11.5 Å². The van der Waals surface area contributed by atoms with Crippen LogP contribution in [0.25, 0.3) is 17.0 Å². The van der Waals surface area contributed by atoms with Crippen molar-refractivity contribution in [3.05, 3.63) is 94.5 Å². The van der Waals surface area contributed by atoms with Crippen LogP contribution in [0.5, 0.6) is 11.5 Å². The molecule has 0 fully saturated rings. The number of hydrogen-bond donors (Lipinski definition) is 2. The Morgan fingerprint density at radius 1 is 0.946 bits per heavy atom. The molecule has 8 nitrogen and oxygen atoms in total. The number of allylic oxidation sites excluding steroid dienone is 1. The van der Waals surface area contributed by atoms with Gasteiger partial charge in [-0.05, 0) is 68.7 Å². The number of carbonyl (C=O) groups is 1. The van der Waals surface area contributed by atoms with Crippen molar-refractivity contribution >= 4 is 17.3 Å². The van der Waals surface area contributed by atoms with Crippen molar-refractivity contribution < 1.29 is 19.2 Å². The summed E-state index contributed by atoms with van der Waals surface area (Å²) in [5.41, 5.74) is 6.70. The van der Waals surface area contributed by atoms with E-state index in [1.807, 2.05) is 64.1 Å². The first-order chi connectivity index (χ1) is 17.7. The molecule has 1 aliphatic heterocycles. The number of aryl methyl sites for hydroxylation is 3. The Morgan fingerprint density at radius 3 is 2.30 bits per heavy atom. The number of aromatic hydroxyl groups is 1. The predicted octanol–water partition coefficient (Wildman–Crippen LogP) is 6.08. The van der Waals surface area contributed by atoms with E-state index in [-0.39, 0.29) is 17.7 Å². The van der Waals surface area contributed by atoms with Crippen molar-refractivity contribution in [2.45, 2.75) is 33.7 Å². The number of aromatic nitrogens is 2. The summed E-state index contributed by atoms with van der Waals surface area (Å²) in [4.78, 5) is 19.8. The van der Waals surface area contributed by atoms with Gasteiger partial charge in [0, 0.05) is 11.3 Å². The molecule has 3 aromatic carbocycles. The maximum atomic E-state index is 13.5. The van der Waals surface area contributed by atoms with E-state index in [1.165, 1.54) is 7.11 Å². The minimum atomic E-state index is -0.641. The predicted molar refractivity (Wildman–Crippen MR) is 141 cm³/mol. The molecule has 0 bridgehead atoms. The number of rotatable bonds is 5. The van der Waals surface area contributed by atoms with Crippen LogP contribution in [0.1, 0.15) is 41.1 Å². The summed E-state index contributed by atoms with van der Waals surface area (Å²) in [5.74, 6) is 1.03. The average Bonchev–Trinajstić information content (AvgIpc) is 3.33. The molecule has 0 aliphatic carbocycles. The third kappa shape index (κ3) is 4.53. The first-order valence-electron chi connectivity index (χ1n) is 11.9. The van der Waals surface area contributed by atoms with Gasteiger partial charge in [-0.25, -0.2) is 4.79 Å². The number of carbonyl (C=O) groups excluding carboxylic acids is 1. The molecule has 0 saturated heterocycles. The van der Waals surface area contributed by atoms with Crippen LogP contribution in [0.15, 0.2) is 70.9 Å². The molecule has 2 N–H and O–H groups in total. The Bertz CT molecular complexity index is 1500. The lowest BCUT2D eigenvalue weighted by Crippen LogP contribution is -2.46. The fraction of sp³-hybridized carbons (Fsp3) is 0.207. The fourth-order valence-electron chi connectivity index (χ4n) is 4.70. The maximum absolute atomic E-state index is 13.5. The van der Waals surface area contributed by atoms with Gasteiger partial charge in [0.25, 0.3) is 5.89 Å². The number of phenolic OH excluding ortho intramolecular Hbond substituents is 1. The standard InChI is InChI=1S/C29H28N4O4/c1-16-6-8-20(9-7-16)27-31-28(37-32-27)25-19(4)33(22-13-17(2)12-18(3)14-22)29(35)30-26(25)21-10-11-24(36-5)23(34)15-21/h6-15,26,34H,1-5H3,(H,30,35). The quantitative estimate of drug-likeness (QED) is 0.347. The van der Waals surface area contributed by atoms with E-state index in [0.717, 1.165) is 27.9 Å². The minimum absolute atomic E-state index is 0.0335. The summed E-state index contributed by atoms with van der Waals surface area (Å²) in [6.45, 7) is 7.86. The topological polar surface area (TPSA) is 101 Å². The lowest BCUT2D eigenvalue weighted by atomic mass is 9.94. The highest BCUT2D eigenvalue weighted by molar-refractivity contribution is 6.01. The summed E-state index contributed by atoms with van der Waals surface area (Å²) in [5, 5.41) is 17.8. The first-order valence-corrected chi connectivity index (χ1v) is 11.9. The van der Waals surface area contributed by atoms with Crippen molar-refractivity contribution in [2.24, 2.45) is 0 Å². The van der Waals surface area contributed by atoms with Crippen LogP contribution in [-0.2, 0) is 0 Å². The van der Waals surface area contributed by atoms with Crippen LogP contribution in [0.3, 0.4) is 0 Å². The molecule has 188 valence electrons. The highest BCUT2D eigenvalue weighted by Gasteiger charge is 2.37. The summed E-state index contributed by atoms with van der Waals surface area (Å²) in [6.07, 6.45) is 0. The zero-order valence-corrected chi connectivity index (χ0v) is 21.4. The second-order valence-electron chi connectivity index (χ2n) is 9.28. The monoisotopic (exact) mass is 496 g/mol.